The molecule has 3 rings (SSSR count). The molecule has 0 aliphatic heterocycles. The summed E-state index contributed by atoms with van der Waals surface area (Å²) in [6.45, 7) is 6.24. The highest BCUT2D eigenvalue weighted by Gasteiger charge is 2.26. The van der Waals surface area contributed by atoms with Crippen LogP contribution in [-0.4, -0.2) is 19.9 Å². The minimum atomic E-state index is -0.101. The minimum Gasteiger partial charge on any atom is -0.310 e. The van der Waals surface area contributed by atoms with Gasteiger partial charge >= 0.3 is 0 Å². The molecule has 114 valence electrons. The van der Waals surface area contributed by atoms with Crippen LogP contribution in [0, 0.1) is 0 Å². The summed E-state index contributed by atoms with van der Waals surface area (Å²) in [6.07, 6.45) is 9.51. The lowest BCUT2D eigenvalue weighted by Crippen LogP contribution is -2.15. The van der Waals surface area contributed by atoms with E-state index in [-0.39, 0.29) is 11.0 Å². The lowest BCUT2D eigenvalue weighted by Gasteiger charge is -2.15. The van der Waals surface area contributed by atoms with Gasteiger partial charge in [-0.3, -0.25) is 4.79 Å². The zero-order valence-corrected chi connectivity index (χ0v) is 13.1. The number of nitrogens with zero attached hydrogens (tertiary/aromatic N) is 3. The van der Waals surface area contributed by atoms with Gasteiger partial charge in [-0.25, -0.2) is 15.0 Å². The smallest absolute Gasteiger partial charge is 0.251 e. The quantitative estimate of drug-likeness (QED) is 0.945. The molecule has 0 radical (unpaired) electrons. The van der Waals surface area contributed by atoms with Crippen molar-refractivity contribution in [1.29, 1.82) is 0 Å². The van der Waals surface area contributed by atoms with Crippen LogP contribution < -0.4 is 5.56 Å². The Morgan fingerprint density at radius 3 is 2.45 bits per heavy atom. The second-order valence-electron chi connectivity index (χ2n) is 6.75. The summed E-state index contributed by atoms with van der Waals surface area (Å²) in [5.74, 6) is 2.04. The van der Waals surface area contributed by atoms with Gasteiger partial charge in [-0.05, 0) is 25.0 Å². The van der Waals surface area contributed by atoms with E-state index in [0.29, 0.717) is 11.6 Å². The maximum Gasteiger partial charge on any atom is 0.251 e. The van der Waals surface area contributed by atoms with Crippen LogP contribution in [0.5, 0.6) is 0 Å². The van der Waals surface area contributed by atoms with Crippen LogP contribution in [-0.2, 0) is 5.41 Å². The Labute approximate surface area is 129 Å². The molecule has 1 saturated carbocycles. The normalized spacial score (nSPS) is 15.4. The highest BCUT2D eigenvalue weighted by molar-refractivity contribution is 5.67. The van der Waals surface area contributed by atoms with Crippen molar-refractivity contribution < 1.29 is 0 Å². The van der Waals surface area contributed by atoms with E-state index in [0.717, 1.165) is 30.1 Å². The molecule has 1 aliphatic carbocycles. The van der Waals surface area contributed by atoms with Gasteiger partial charge in [0.05, 0.1) is 5.69 Å². The van der Waals surface area contributed by atoms with Crippen LogP contribution in [0.3, 0.4) is 0 Å². The third-order valence-electron chi connectivity index (χ3n) is 3.53. The van der Waals surface area contributed by atoms with Crippen molar-refractivity contribution in [1.82, 2.24) is 19.9 Å². The molecule has 2 aromatic heterocycles. The Hall–Kier alpha value is -2.30. The number of aromatic amines is 1. The summed E-state index contributed by atoms with van der Waals surface area (Å²) in [4.78, 5) is 27.7. The molecule has 2 heterocycles. The minimum absolute atomic E-state index is 0.0598. The first kappa shape index (κ1) is 14.6. The van der Waals surface area contributed by atoms with E-state index in [4.69, 9.17) is 0 Å². The van der Waals surface area contributed by atoms with Gasteiger partial charge in [0.1, 0.15) is 11.6 Å². The number of nitrogens with one attached hydrogen (secondary N) is 1. The van der Waals surface area contributed by atoms with E-state index >= 15 is 0 Å². The maximum atomic E-state index is 11.7. The van der Waals surface area contributed by atoms with Crippen molar-refractivity contribution in [2.24, 2.45) is 0 Å². The third-order valence-corrected chi connectivity index (χ3v) is 3.53. The molecule has 0 atom stereocenters. The molecule has 0 amide bonds. The predicted molar refractivity (Wildman–Crippen MR) is 86.5 cm³/mol. The molecule has 0 spiro atoms. The summed E-state index contributed by atoms with van der Waals surface area (Å²) in [6, 6.07) is 1.51. The Kier molecular flexibility index (Phi) is 3.64. The van der Waals surface area contributed by atoms with Gasteiger partial charge < -0.3 is 4.98 Å². The SMILES string of the molecule is CC(C)(C)c1ncc(/C=C/c2cc(=O)[nH]c(C3CC3)n2)cn1. The molecule has 5 nitrogen and oxygen atoms in total. The first-order valence-corrected chi connectivity index (χ1v) is 7.54. The maximum absolute atomic E-state index is 11.7. The second kappa shape index (κ2) is 5.48. The number of aromatic nitrogens is 4. The average Bonchev–Trinajstić information content (AvgIpc) is 3.29. The lowest BCUT2D eigenvalue weighted by molar-refractivity contribution is 0.545. The number of H-pyrrole nitrogens is 1. The summed E-state index contributed by atoms with van der Waals surface area (Å²) < 4.78 is 0. The molecule has 1 N–H and O–H groups in total. The van der Waals surface area contributed by atoms with Crippen LogP contribution in [0.2, 0.25) is 0 Å². The highest BCUT2D eigenvalue weighted by Crippen LogP contribution is 2.37. The van der Waals surface area contributed by atoms with Crippen molar-refractivity contribution in [3.8, 4) is 0 Å². The third kappa shape index (κ3) is 3.47. The van der Waals surface area contributed by atoms with E-state index in [2.05, 4.69) is 40.7 Å². The van der Waals surface area contributed by atoms with Gasteiger partial charge in [-0.2, -0.15) is 0 Å². The van der Waals surface area contributed by atoms with Gasteiger partial charge in [0.25, 0.3) is 5.56 Å². The number of hydrogen-bond donors (Lipinski definition) is 1. The molecule has 0 saturated heterocycles. The van der Waals surface area contributed by atoms with Crippen molar-refractivity contribution >= 4 is 12.2 Å². The molecular formula is C17H20N4O. The van der Waals surface area contributed by atoms with E-state index in [1.807, 2.05) is 12.2 Å². The summed E-state index contributed by atoms with van der Waals surface area (Å²) in [7, 11) is 0. The highest BCUT2D eigenvalue weighted by atomic mass is 16.1. The van der Waals surface area contributed by atoms with Gasteiger partial charge in [0.15, 0.2) is 0 Å². The van der Waals surface area contributed by atoms with Crippen molar-refractivity contribution in [2.75, 3.05) is 0 Å². The molecule has 5 heteroatoms. The summed E-state index contributed by atoms with van der Waals surface area (Å²) in [5, 5.41) is 0. The zero-order valence-electron chi connectivity index (χ0n) is 13.1. The second-order valence-corrected chi connectivity index (χ2v) is 6.75. The van der Waals surface area contributed by atoms with E-state index in [1.54, 1.807) is 12.4 Å². The number of hydrogen-bond acceptors (Lipinski definition) is 4. The largest absolute Gasteiger partial charge is 0.310 e. The Morgan fingerprint density at radius 2 is 1.86 bits per heavy atom. The van der Waals surface area contributed by atoms with E-state index in [9.17, 15) is 4.79 Å². The first-order chi connectivity index (χ1) is 10.4. The van der Waals surface area contributed by atoms with Crippen molar-refractivity contribution in [3.05, 3.63) is 51.7 Å². The van der Waals surface area contributed by atoms with Gasteiger partial charge in [-0.15, -0.1) is 0 Å². The van der Waals surface area contributed by atoms with Gasteiger partial charge in [-0.1, -0.05) is 20.8 Å². The van der Waals surface area contributed by atoms with Crippen LogP contribution >= 0.6 is 0 Å². The molecule has 0 aromatic carbocycles. The fourth-order valence-electron chi connectivity index (χ4n) is 2.12. The van der Waals surface area contributed by atoms with Crippen molar-refractivity contribution in [2.45, 2.75) is 44.9 Å². The Balaban J connectivity index is 1.80. The molecule has 22 heavy (non-hydrogen) atoms. The Morgan fingerprint density at radius 1 is 1.18 bits per heavy atom. The molecule has 0 bridgehead atoms. The predicted octanol–water partition coefficient (Wildman–Crippen LogP) is 2.91. The molecule has 2 aromatic rings. The van der Waals surface area contributed by atoms with Crippen LogP contribution in [0.4, 0.5) is 0 Å². The summed E-state index contributed by atoms with van der Waals surface area (Å²) in [5.41, 5.74) is 1.40. The van der Waals surface area contributed by atoms with Crippen LogP contribution in [0.25, 0.3) is 12.2 Å². The summed E-state index contributed by atoms with van der Waals surface area (Å²) >= 11 is 0. The zero-order chi connectivity index (χ0) is 15.7. The molecular weight excluding hydrogens is 276 g/mol. The van der Waals surface area contributed by atoms with Crippen molar-refractivity contribution in [3.63, 3.8) is 0 Å². The first-order valence-electron chi connectivity index (χ1n) is 7.54. The molecule has 0 unspecified atom stereocenters. The van der Waals surface area contributed by atoms with Crippen LogP contribution in [0.15, 0.2) is 23.3 Å². The lowest BCUT2D eigenvalue weighted by atomic mass is 9.96. The Bertz CT molecular complexity index is 749. The fraction of sp³-hybridized carbons (Fsp3) is 0.412. The standard InChI is InChI=1S/C17H20N4O/c1-17(2,3)16-18-9-11(10-19-16)4-7-13-8-14(22)21-15(20-13)12-5-6-12/h4,7-10,12H,5-6H2,1-3H3,(H,20,21,22)/b7-4+. The average molecular weight is 296 g/mol. The number of rotatable bonds is 3. The molecule has 1 fully saturated rings. The van der Waals surface area contributed by atoms with Gasteiger partial charge in [0.2, 0.25) is 0 Å². The monoisotopic (exact) mass is 296 g/mol. The van der Waals surface area contributed by atoms with E-state index in [1.165, 1.54) is 6.07 Å². The van der Waals surface area contributed by atoms with Gasteiger partial charge in [0, 0.05) is 35.4 Å². The van der Waals surface area contributed by atoms with Crippen LogP contribution in [0.1, 0.15) is 62.4 Å². The molecule has 1 aliphatic rings. The van der Waals surface area contributed by atoms with E-state index < -0.39 is 0 Å². The topological polar surface area (TPSA) is 71.5 Å². The fourth-order valence-corrected chi connectivity index (χ4v) is 2.12.